The molecule has 0 aliphatic rings. The van der Waals surface area contributed by atoms with Gasteiger partial charge in [0.15, 0.2) is 0 Å². The van der Waals surface area contributed by atoms with Gasteiger partial charge in [-0.2, -0.15) is 0 Å². The molecule has 1 N–H and O–H groups in total. The lowest BCUT2D eigenvalue weighted by atomic mass is 10.1. The Morgan fingerprint density at radius 1 is 1.36 bits per heavy atom. The minimum Gasteiger partial charge on any atom is -0.371 e. The summed E-state index contributed by atoms with van der Waals surface area (Å²) in [5, 5.41) is 8.40. The summed E-state index contributed by atoms with van der Waals surface area (Å²) in [5.74, 6) is 0. The van der Waals surface area contributed by atoms with Crippen LogP contribution in [0.5, 0.6) is 0 Å². The maximum Gasteiger partial charge on any atom is 0.144 e. The van der Waals surface area contributed by atoms with Gasteiger partial charge in [-0.1, -0.05) is 24.3 Å². The van der Waals surface area contributed by atoms with Crippen molar-refractivity contribution in [1.82, 2.24) is 0 Å². The molecule has 0 saturated heterocycles. The Morgan fingerprint density at radius 2 is 2.09 bits per heavy atom. The van der Waals surface area contributed by atoms with Crippen LogP contribution in [0.1, 0.15) is 11.1 Å². The van der Waals surface area contributed by atoms with Gasteiger partial charge in [-0.25, -0.2) is 0 Å². The minimum absolute atomic E-state index is 0.214. The summed E-state index contributed by atoms with van der Waals surface area (Å²) in [5.41, 5.74) is 2.32. The zero-order valence-corrected chi connectivity index (χ0v) is 6.58. The topological polar surface area (TPSA) is 29.5 Å². The number of aliphatic hydroxyl groups excluding tert-OH is 1. The van der Waals surface area contributed by atoms with E-state index in [4.69, 9.17) is 9.84 Å². The van der Waals surface area contributed by atoms with Crippen LogP contribution in [0.3, 0.4) is 0 Å². The summed E-state index contributed by atoms with van der Waals surface area (Å²) in [6.45, 7) is 2.30. The molecule has 0 radical (unpaired) electrons. The second-order valence-electron chi connectivity index (χ2n) is 2.40. The molecule has 0 heterocycles. The molecule has 60 valence electrons. The first-order chi connectivity index (χ1) is 5.34. The average molecular weight is 152 g/mol. The molecule has 0 saturated carbocycles. The van der Waals surface area contributed by atoms with Crippen molar-refractivity contribution in [1.29, 1.82) is 0 Å². The molecule has 0 spiro atoms. The van der Waals surface area contributed by atoms with Gasteiger partial charge < -0.3 is 9.84 Å². The van der Waals surface area contributed by atoms with Crippen LogP contribution in [0.2, 0.25) is 0 Å². The van der Waals surface area contributed by atoms with Crippen LogP contribution in [0, 0.1) is 6.92 Å². The van der Waals surface area contributed by atoms with Gasteiger partial charge >= 0.3 is 0 Å². The Kier molecular flexibility index (Phi) is 3.08. The molecule has 2 heteroatoms. The van der Waals surface area contributed by atoms with Crippen molar-refractivity contribution in [2.24, 2.45) is 0 Å². The molecule has 11 heavy (non-hydrogen) atoms. The van der Waals surface area contributed by atoms with E-state index in [1.54, 1.807) is 0 Å². The first-order valence-electron chi connectivity index (χ1n) is 3.57. The Bertz CT molecular complexity index is 221. The molecule has 0 aliphatic carbocycles. The molecule has 0 fully saturated rings. The van der Waals surface area contributed by atoms with Crippen LogP contribution in [0.4, 0.5) is 0 Å². The third-order valence-electron chi connectivity index (χ3n) is 1.61. The number of hydrogen-bond donors (Lipinski definition) is 1. The predicted molar refractivity (Wildman–Crippen MR) is 43.1 cm³/mol. The second kappa shape index (κ2) is 4.11. The molecule has 0 unspecified atom stereocenters. The summed E-state index contributed by atoms with van der Waals surface area (Å²) < 4.78 is 4.86. The molecule has 0 aliphatic heterocycles. The molecule has 1 rings (SSSR count). The van der Waals surface area contributed by atoms with Gasteiger partial charge in [0.1, 0.15) is 6.79 Å². The van der Waals surface area contributed by atoms with Gasteiger partial charge in [-0.05, 0) is 18.1 Å². The van der Waals surface area contributed by atoms with Crippen LogP contribution in [0.15, 0.2) is 24.3 Å². The van der Waals surface area contributed by atoms with Crippen LogP contribution >= 0.6 is 0 Å². The van der Waals surface area contributed by atoms with E-state index >= 15 is 0 Å². The molecule has 1 aromatic rings. The van der Waals surface area contributed by atoms with E-state index in [1.807, 2.05) is 31.2 Å². The van der Waals surface area contributed by atoms with Crippen molar-refractivity contribution in [2.45, 2.75) is 13.5 Å². The summed E-state index contributed by atoms with van der Waals surface area (Å²) in [6, 6.07) is 7.96. The average Bonchev–Trinajstić information content (AvgIpc) is 2.03. The highest BCUT2D eigenvalue weighted by atomic mass is 16.6. The van der Waals surface area contributed by atoms with E-state index in [1.165, 1.54) is 5.56 Å². The zero-order chi connectivity index (χ0) is 8.10. The minimum atomic E-state index is -0.214. The summed E-state index contributed by atoms with van der Waals surface area (Å²) >= 11 is 0. The zero-order valence-electron chi connectivity index (χ0n) is 6.58. The standard InChI is InChI=1S/C9H12O2/c1-8-4-2-3-5-9(8)6-11-7-10/h2-5,10H,6-7H2,1H3. The summed E-state index contributed by atoms with van der Waals surface area (Å²) in [6.07, 6.45) is 0. The lowest BCUT2D eigenvalue weighted by Crippen LogP contribution is -1.95. The maximum absolute atomic E-state index is 8.40. The molecule has 2 nitrogen and oxygen atoms in total. The normalized spacial score (nSPS) is 10.0. The van der Waals surface area contributed by atoms with E-state index in [9.17, 15) is 0 Å². The highest BCUT2D eigenvalue weighted by Crippen LogP contribution is 2.07. The van der Waals surface area contributed by atoms with Gasteiger partial charge in [0.05, 0.1) is 6.61 Å². The molecule has 1 aromatic carbocycles. The first-order valence-corrected chi connectivity index (χ1v) is 3.57. The van der Waals surface area contributed by atoms with E-state index in [2.05, 4.69) is 0 Å². The third kappa shape index (κ3) is 2.33. The fraction of sp³-hybridized carbons (Fsp3) is 0.333. The predicted octanol–water partition coefficient (Wildman–Crippen LogP) is 1.46. The fourth-order valence-corrected chi connectivity index (χ4v) is 0.928. The number of hydrogen-bond acceptors (Lipinski definition) is 2. The van der Waals surface area contributed by atoms with Crippen LogP contribution in [-0.2, 0) is 11.3 Å². The van der Waals surface area contributed by atoms with Gasteiger partial charge in [-0.3, -0.25) is 0 Å². The van der Waals surface area contributed by atoms with E-state index in [0.717, 1.165) is 5.56 Å². The van der Waals surface area contributed by atoms with E-state index in [-0.39, 0.29) is 6.79 Å². The monoisotopic (exact) mass is 152 g/mol. The highest BCUT2D eigenvalue weighted by Gasteiger charge is 1.94. The Hall–Kier alpha value is -0.860. The smallest absolute Gasteiger partial charge is 0.144 e. The van der Waals surface area contributed by atoms with Gasteiger partial charge in [0, 0.05) is 0 Å². The van der Waals surface area contributed by atoms with Crippen LogP contribution < -0.4 is 0 Å². The number of aliphatic hydroxyl groups is 1. The maximum atomic E-state index is 8.40. The molecule has 0 amide bonds. The molecule has 0 bridgehead atoms. The Morgan fingerprint density at radius 3 is 2.73 bits per heavy atom. The number of ether oxygens (including phenoxy) is 1. The van der Waals surface area contributed by atoms with Crippen molar-refractivity contribution in [3.05, 3.63) is 35.4 Å². The molecule has 0 aromatic heterocycles. The summed E-state index contributed by atoms with van der Waals surface area (Å²) in [7, 11) is 0. The SMILES string of the molecule is Cc1ccccc1COCO. The lowest BCUT2D eigenvalue weighted by molar-refractivity contribution is -0.0114. The fourth-order valence-electron chi connectivity index (χ4n) is 0.928. The van der Waals surface area contributed by atoms with Crippen LogP contribution in [0.25, 0.3) is 0 Å². The second-order valence-corrected chi connectivity index (χ2v) is 2.40. The van der Waals surface area contributed by atoms with E-state index < -0.39 is 0 Å². The number of rotatable bonds is 3. The largest absolute Gasteiger partial charge is 0.371 e. The lowest BCUT2D eigenvalue weighted by Gasteiger charge is -2.03. The van der Waals surface area contributed by atoms with Crippen molar-refractivity contribution < 1.29 is 9.84 Å². The molecule has 0 atom stereocenters. The Balaban J connectivity index is 2.62. The van der Waals surface area contributed by atoms with Crippen molar-refractivity contribution in [2.75, 3.05) is 6.79 Å². The van der Waals surface area contributed by atoms with Crippen LogP contribution in [-0.4, -0.2) is 11.9 Å². The molecular weight excluding hydrogens is 140 g/mol. The number of aryl methyl sites for hydroxylation is 1. The number of benzene rings is 1. The third-order valence-corrected chi connectivity index (χ3v) is 1.61. The van der Waals surface area contributed by atoms with Gasteiger partial charge in [-0.15, -0.1) is 0 Å². The Labute approximate surface area is 66.4 Å². The van der Waals surface area contributed by atoms with Gasteiger partial charge in [0.2, 0.25) is 0 Å². The van der Waals surface area contributed by atoms with Crippen molar-refractivity contribution in [3.63, 3.8) is 0 Å². The quantitative estimate of drug-likeness (QED) is 0.664. The van der Waals surface area contributed by atoms with E-state index in [0.29, 0.717) is 6.61 Å². The summed E-state index contributed by atoms with van der Waals surface area (Å²) in [4.78, 5) is 0. The van der Waals surface area contributed by atoms with Crippen molar-refractivity contribution in [3.8, 4) is 0 Å². The van der Waals surface area contributed by atoms with Gasteiger partial charge in [0.25, 0.3) is 0 Å². The highest BCUT2D eigenvalue weighted by molar-refractivity contribution is 5.24. The van der Waals surface area contributed by atoms with Crippen molar-refractivity contribution >= 4 is 0 Å². The first kappa shape index (κ1) is 8.24. The molecular formula is C9H12O2.